The molecule has 0 amide bonds. The van der Waals surface area contributed by atoms with Crippen LogP contribution in [0.2, 0.25) is 0 Å². The number of phosphoric acid groups is 1. The average molecular weight is 284 g/mol. The van der Waals surface area contributed by atoms with Crippen molar-refractivity contribution < 1.29 is 36.8 Å². The predicted molar refractivity (Wildman–Crippen MR) is 49.9 cm³/mol. The van der Waals surface area contributed by atoms with Crippen molar-refractivity contribution in [1.82, 2.24) is 0 Å². The standard InChI is InChI=1S/K.2Na.H3O4P.H2O4S.3H/c;;;2*1-5(2,3)4;;;/h;;;(H3,1,2,3,4);(H2,1,2,3,4);;;. The van der Waals surface area contributed by atoms with E-state index < -0.39 is 18.2 Å². The second kappa shape index (κ2) is 13.7. The molecule has 0 radical (unpaired) electrons. The zero-order valence-corrected chi connectivity index (χ0v) is 6.03. The van der Waals surface area contributed by atoms with Crippen LogP contribution in [0.3, 0.4) is 0 Å². The zero-order chi connectivity index (χ0) is 9.00. The van der Waals surface area contributed by atoms with E-state index in [9.17, 15) is 0 Å². The molecule has 0 rings (SSSR count). The molecule has 13 heavy (non-hydrogen) atoms. The normalized spacial score (nSPS) is 9.00. The van der Waals surface area contributed by atoms with Crippen LogP contribution in [0.25, 0.3) is 0 Å². The molecule has 0 heterocycles. The van der Waals surface area contributed by atoms with E-state index >= 15 is 0 Å². The molecule has 0 aromatic heterocycles. The Morgan fingerprint density at radius 2 is 0.923 bits per heavy atom. The Balaban J connectivity index is -0.0000000267. The molecule has 0 aromatic carbocycles. The Morgan fingerprint density at radius 1 is 0.923 bits per heavy atom. The van der Waals surface area contributed by atoms with Gasteiger partial charge in [0.15, 0.2) is 0 Å². The fraction of sp³-hybridized carbons (Fsp3) is 0. The van der Waals surface area contributed by atoms with E-state index in [4.69, 9.17) is 36.8 Å². The van der Waals surface area contributed by atoms with Crippen molar-refractivity contribution >= 4 is 129 Å². The van der Waals surface area contributed by atoms with Gasteiger partial charge in [-0.2, -0.15) is 8.42 Å². The summed E-state index contributed by atoms with van der Waals surface area (Å²) in [5.74, 6) is 0. The van der Waals surface area contributed by atoms with Crippen molar-refractivity contribution in [3.05, 3.63) is 0 Å². The SMILES string of the molecule is O=P(O)(O)O.O=S(=O)(O)O.[KH].[NaH].[NaH]. The van der Waals surface area contributed by atoms with Crippen LogP contribution in [0.15, 0.2) is 0 Å². The molecule has 8 nitrogen and oxygen atoms in total. The molecule has 70 valence electrons. The van der Waals surface area contributed by atoms with Gasteiger partial charge in [-0.1, -0.05) is 0 Å². The Hall–Kier alpha value is 3.62. The van der Waals surface area contributed by atoms with E-state index in [1.54, 1.807) is 0 Å². The van der Waals surface area contributed by atoms with Crippen LogP contribution in [-0.2, 0) is 15.0 Å². The average Bonchev–Trinajstić information content (AvgIpc) is 1.12. The van der Waals surface area contributed by atoms with E-state index in [1.807, 2.05) is 0 Å². The molecule has 0 spiro atoms. The molecule has 5 N–H and O–H groups in total. The molecule has 0 saturated carbocycles. The van der Waals surface area contributed by atoms with Gasteiger partial charge in [-0.25, -0.2) is 4.57 Å². The zero-order valence-electron chi connectivity index (χ0n) is 4.32. The van der Waals surface area contributed by atoms with E-state index in [0.717, 1.165) is 0 Å². The summed E-state index contributed by atoms with van der Waals surface area (Å²) in [5, 5.41) is 0. The summed E-state index contributed by atoms with van der Waals surface area (Å²) in [6.45, 7) is 0. The molecular weight excluding hydrogens is 276 g/mol. The Labute approximate surface area is 162 Å². The van der Waals surface area contributed by atoms with E-state index in [-0.39, 0.29) is 110 Å². The molecule has 0 atom stereocenters. The summed E-state index contributed by atoms with van der Waals surface area (Å²) >= 11 is 0. The van der Waals surface area contributed by atoms with E-state index in [0.29, 0.717) is 0 Å². The number of hydrogen-bond donors (Lipinski definition) is 5. The Bertz CT molecular complexity index is 200. The van der Waals surface area contributed by atoms with Crippen molar-refractivity contribution in [2.45, 2.75) is 0 Å². The van der Waals surface area contributed by atoms with Crippen molar-refractivity contribution in [3.8, 4) is 0 Å². The fourth-order valence-corrected chi connectivity index (χ4v) is 0. The minimum absolute atomic E-state index is 0. The third kappa shape index (κ3) is 221. The van der Waals surface area contributed by atoms with Gasteiger partial charge >= 0.3 is 129 Å². The summed E-state index contributed by atoms with van der Waals surface area (Å²) in [6, 6.07) is 0. The number of rotatable bonds is 0. The third-order valence-electron chi connectivity index (χ3n) is 0. The fourth-order valence-electron chi connectivity index (χ4n) is 0. The van der Waals surface area contributed by atoms with Crippen LogP contribution in [0.1, 0.15) is 0 Å². The first kappa shape index (κ1) is 30.0. The topological polar surface area (TPSA) is 152 Å². The van der Waals surface area contributed by atoms with Gasteiger partial charge in [0.1, 0.15) is 0 Å². The molecule has 0 fully saturated rings. The first-order chi connectivity index (χ1) is 4.00. The Morgan fingerprint density at radius 3 is 0.923 bits per heavy atom. The van der Waals surface area contributed by atoms with Gasteiger partial charge in [-0.05, 0) is 0 Å². The summed E-state index contributed by atoms with van der Waals surface area (Å²) in [4.78, 5) is 21.6. The molecule has 0 unspecified atom stereocenters. The first-order valence-electron chi connectivity index (χ1n) is 1.48. The summed E-state index contributed by atoms with van der Waals surface area (Å²) in [6.07, 6.45) is 0. The quantitative estimate of drug-likeness (QED) is 0.174. The van der Waals surface area contributed by atoms with Crippen LogP contribution >= 0.6 is 7.82 Å². The second-order valence-corrected chi connectivity index (χ2v) is 2.88. The molecule has 0 aromatic rings. The van der Waals surface area contributed by atoms with Gasteiger partial charge in [0, 0.05) is 0 Å². The molecule has 0 bridgehead atoms. The second-order valence-electron chi connectivity index (χ2n) is 0.961. The van der Waals surface area contributed by atoms with Gasteiger partial charge < -0.3 is 14.7 Å². The van der Waals surface area contributed by atoms with Crippen LogP contribution in [-0.4, -0.2) is 143 Å². The maximum absolute atomic E-state index is 8.88. The van der Waals surface area contributed by atoms with E-state index in [2.05, 4.69) is 0 Å². The van der Waals surface area contributed by atoms with Crippen LogP contribution in [0.4, 0.5) is 0 Å². The molecular formula is H8KNa2O8PS. The van der Waals surface area contributed by atoms with Gasteiger partial charge in [0.2, 0.25) is 0 Å². The first-order valence-corrected chi connectivity index (χ1v) is 4.44. The van der Waals surface area contributed by atoms with E-state index in [1.165, 1.54) is 0 Å². The van der Waals surface area contributed by atoms with Gasteiger partial charge in [0.25, 0.3) is 0 Å². The van der Waals surface area contributed by atoms with Crippen LogP contribution < -0.4 is 0 Å². The summed E-state index contributed by atoms with van der Waals surface area (Å²) in [7, 11) is -9.31. The maximum atomic E-state index is 8.88. The van der Waals surface area contributed by atoms with Crippen molar-refractivity contribution in [2.75, 3.05) is 0 Å². The van der Waals surface area contributed by atoms with Gasteiger partial charge in [-0.15, -0.1) is 0 Å². The molecule has 13 heteroatoms. The van der Waals surface area contributed by atoms with Gasteiger partial charge in [-0.3, -0.25) is 9.11 Å². The van der Waals surface area contributed by atoms with Crippen LogP contribution in [0, 0.1) is 0 Å². The van der Waals surface area contributed by atoms with Crippen molar-refractivity contribution in [1.29, 1.82) is 0 Å². The van der Waals surface area contributed by atoms with Crippen LogP contribution in [0.5, 0.6) is 0 Å². The summed E-state index contributed by atoms with van der Waals surface area (Å²) < 4.78 is 40.5. The molecule has 0 saturated heterocycles. The molecule has 0 aliphatic rings. The third-order valence-corrected chi connectivity index (χ3v) is 0. The predicted octanol–water partition coefficient (Wildman–Crippen LogP) is -3.53. The minimum atomic E-state index is -4.67. The van der Waals surface area contributed by atoms with Crippen molar-refractivity contribution in [3.63, 3.8) is 0 Å². The number of hydrogen-bond acceptors (Lipinski definition) is 3. The van der Waals surface area contributed by atoms with Crippen molar-refractivity contribution in [2.24, 2.45) is 0 Å². The summed E-state index contributed by atoms with van der Waals surface area (Å²) in [5.41, 5.74) is 0. The van der Waals surface area contributed by atoms with Gasteiger partial charge in [0.05, 0.1) is 0 Å². The monoisotopic (exact) mass is 284 g/mol. The molecule has 0 aliphatic heterocycles. The molecule has 0 aliphatic carbocycles. The Kier molecular flexibility index (Phi) is 31.6.